The first-order valence-electron chi connectivity index (χ1n) is 5.18. The molecule has 2 N–H and O–H groups in total. The van der Waals surface area contributed by atoms with E-state index in [4.69, 9.17) is 0 Å². The Morgan fingerprint density at radius 2 is 2.18 bits per heavy atom. The summed E-state index contributed by atoms with van der Waals surface area (Å²) in [4.78, 5) is 11.8. The molecule has 1 aromatic carbocycles. The molecule has 1 unspecified atom stereocenters. The Kier molecular flexibility index (Phi) is 2.78. The van der Waals surface area contributed by atoms with Crippen molar-refractivity contribution in [1.82, 2.24) is 0 Å². The fraction of sp³-hybridized carbons (Fsp3) is 0.0833. The van der Waals surface area contributed by atoms with Crippen LogP contribution < -0.4 is 10.6 Å². The van der Waals surface area contributed by atoms with Gasteiger partial charge in [0.05, 0.1) is 0 Å². The Balaban J connectivity index is 1.88. The van der Waals surface area contributed by atoms with Gasteiger partial charge in [0.25, 0.3) is 0 Å². The van der Waals surface area contributed by atoms with Crippen molar-refractivity contribution in [2.45, 2.75) is 10.3 Å². The van der Waals surface area contributed by atoms with Crippen molar-refractivity contribution in [1.29, 1.82) is 0 Å². The van der Waals surface area contributed by atoms with Crippen molar-refractivity contribution in [3.8, 4) is 0 Å². The molecule has 0 saturated heterocycles. The van der Waals surface area contributed by atoms with Gasteiger partial charge in [-0.25, -0.2) is 0 Å². The van der Waals surface area contributed by atoms with Gasteiger partial charge in [0.2, 0.25) is 6.41 Å². The lowest BCUT2D eigenvalue weighted by Gasteiger charge is -2.10. The Labute approximate surface area is 107 Å². The standard InChI is InChI=1S/C12H10N2OS2/c15-7-13-11-8(5-6-16-11)12-14-9-3-1-2-4-10(9)17-12/h1-7,12,14H,(H,13,15). The third-order valence-corrected chi connectivity index (χ3v) is 4.67. The van der Waals surface area contributed by atoms with Crippen LogP contribution in [0.4, 0.5) is 10.7 Å². The van der Waals surface area contributed by atoms with Crippen LogP contribution in [0.25, 0.3) is 0 Å². The van der Waals surface area contributed by atoms with Gasteiger partial charge in [-0.05, 0) is 23.6 Å². The number of rotatable bonds is 3. The van der Waals surface area contributed by atoms with Crippen LogP contribution in [0.3, 0.4) is 0 Å². The minimum absolute atomic E-state index is 0.182. The molecule has 2 heterocycles. The van der Waals surface area contributed by atoms with Gasteiger partial charge < -0.3 is 10.6 Å². The molecule has 1 atom stereocenters. The molecule has 0 saturated carbocycles. The molecule has 3 rings (SSSR count). The minimum Gasteiger partial charge on any atom is -0.368 e. The van der Waals surface area contributed by atoms with Crippen molar-refractivity contribution in [2.75, 3.05) is 10.6 Å². The van der Waals surface area contributed by atoms with Gasteiger partial charge in [-0.2, -0.15) is 0 Å². The van der Waals surface area contributed by atoms with Gasteiger partial charge in [-0.15, -0.1) is 11.3 Å². The third kappa shape index (κ3) is 1.92. The average Bonchev–Trinajstić information content (AvgIpc) is 2.94. The first-order valence-corrected chi connectivity index (χ1v) is 6.94. The zero-order chi connectivity index (χ0) is 11.7. The number of fused-ring (bicyclic) bond motifs is 1. The Bertz CT molecular complexity index is 528. The van der Waals surface area contributed by atoms with Gasteiger partial charge in [-0.3, -0.25) is 4.79 Å². The summed E-state index contributed by atoms with van der Waals surface area (Å²) < 4.78 is 0. The van der Waals surface area contributed by atoms with Crippen molar-refractivity contribution >= 4 is 40.2 Å². The summed E-state index contributed by atoms with van der Waals surface area (Å²) in [6.07, 6.45) is 0.724. The highest BCUT2D eigenvalue weighted by Gasteiger charge is 2.24. The second-order valence-corrected chi connectivity index (χ2v) is 5.67. The second kappa shape index (κ2) is 4.43. The predicted molar refractivity (Wildman–Crippen MR) is 72.7 cm³/mol. The summed E-state index contributed by atoms with van der Waals surface area (Å²) in [7, 11) is 0. The molecule has 5 heteroatoms. The molecule has 17 heavy (non-hydrogen) atoms. The van der Waals surface area contributed by atoms with E-state index in [9.17, 15) is 4.79 Å². The zero-order valence-electron chi connectivity index (χ0n) is 8.84. The molecule has 1 aromatic heterocycles. The first kappa shape index (κ1) is 10.7. The number of benzene rings is 1. The molecule has 0 aliphatic carbocycles. The SMILES string of the molecule is O=CNc1sccc1C1Nc2ccccc2S1. The van der Waals surface area contributed by atoms with Gasteiger partial charge >= 0.3 is 0 Å². The van der Waals surface area contributed by atoms with E-state index in [1.54, 1.807) is 23.1 Å². The summed E-state index contributed by atoms with van der Waals surface area (Å²) in [6.45, 7) is 0. The lowest BCUT2D eigenvalue weighted by molar-refractivity contribution is -0.105. The van der Waals surface area contributed by atoms with E-state index < -0.39 is 0 Å². The number of thiophene rings is 1. The van der Waals surface area contributed by atoms with E-state index in [1.807, 2.05) is 23.6 Å². The number of amides is 1. The van der Waals surface area contributed by atoms with Gasteiger partial charge in [-0.1, -0.05) is 23.9 Å². The van der Waals surface area contributed by atoms with Gasteiger partial charge in [0, 0.05) is 16.1 Å². The topological polar surface area (TPSA) is 41.1 Å². The predicted octanol–water partition coefficient (Wildman–Crippen LogP) is 3.53. The molecule has 1 aliphatic heterocycles. The molecule has 0 spiro atoms. The van der Waals surface area contributed by atoms with Crippen LogP contribution in [0.15, 0.2) is 40.6 Å². The monoisotopic (exact) mass is 262 g/mol. The van der Waals surface area contributed by atoms with Crippen LogP contribution in [0.5, 0.6) is 0 Å². The summed E-state index contributed by atoms with van der Waals surface area (Å²) in [5.74, 6) is 0. The summed E-state index contributed by atoms with van der Waals surface area (Å²) >= 11 is 3.32. The number of carbonyl (C=O) groups is 1. The number of para-hydroxylation sites is 1. The molecule has 0 fully saturated rings. The van der Waals surface area contributed by atoms with Crippen molar-refractivity contribution < 1.29 is 4.79 Å². The molecular formula is C12H10N2OS2. The fourth-order valence-corrected chi connectivity index (χ4v) is 3.86. The smallest absolute Gasteiger partial charge is 0.212 e. The molecule has 3 nitrogen and oxygen atoms in total. The fourth-order valence-electron chi connectivity index (χ4n) is 1.82. The number of carbonyl (C=O) groups excluding carboxylic acids is 1. The maximum absolute atomic E-state index is 10.5. The molecular weight excluding hydrogens is 252 g/mol. The highest BCUT2D eigenvalue weighted by atomic mass is 32.2. The van der Waals surface area contributed by atoms with Gasteiger partial charge in [0.15, 0.2) is 0 Å². The number of thioether (sulfide) groups is 1. The lowest BCUT2D eigenvalue weighted by Crippen LogP contribution is -2.03. The van der Waals surface area contributed by atoms with E-state index in [-0.39, 0.29) is 5.37 Å². The normalized spacial score (nSPS) is 17.3. The molecule has 1 amide bonds. The Morgan fingerprint density at radius 3 is 3.00 bits per heavy atom. The lowest BCUT2D eigenvalue weighted by atomic mass is 10.3. The van der Waals surface area contributed by atoms with Crippen LogP contribution in [-0.2, 0) is 4.79 Å². The van der Waals surface area contributed by atoms with E-state index in [0.717, 1.165) is 22.7 Å². The van der Waals surface area contributed by atoms with Crippen molar-refractivity contribution in [3.05, 3.63) is 41.3 Å². The molecule has 0 bridgehead atoms. The summed E-state index contributed by atoms with van der Waals surface area (Å²) in [5.41, 5.74) is 2.29. The van der Waals surface area contributed by atoms with E-state index in [1.165, 1.54) is 4.90 Å². The summed E-state index contributed by atoms with van der Waals surface area (Å²) in [6, 6.07) is 10.3. The second-order valence-electron chi connectivity index (χ2n) is 3.61. The van der Waals surface area contributed by atoms with Crippen LogP contribution in [0, 0.1) is 0 Å². The molecule has 86 valence electrons. The molecule has 1 aliphatic rings. The highest BCUT2D eigenvalue weighted by molar-refractivity contribution is 8.00. The van der Waals surface area contributed by atoms with Gasteiger partial charge in [0.1, 0.15) is 10.4 Å². The van der Waals surface area contributed by atoms with Crippen molar-refractivity contribution in [2.24, 2.45) is 0 Å². The summed E-state index contributed by atoms with van der Waals surface area (Å²) in [5, 5.41) is 9.28. The Morgan fingerprint density at radius 1 is 1.29 bits per heavy atom. The Hall–Kier alpha value is -1.46. The number of nitrogens with one attached hydrogen (secondary N) is 2. The quantitative estimate of drug-likeness (QED) is 0.831. The zero-order valence-corrected chi connectivity index (χ0v) is 10.5. The largest absolute Gasteiger partial charge is 0.368 e. The number of hydrogen-bond acceptors (Lipinski definition) is 4. The maximum Gasteiger partial charge on any atom is 0.212 e. The first-order chi connectivity index (χ1) is 8.38. The number of hydrogen-bond donors (Lipinski definition) is 2. The van der Waals surface area contributed by atoms with E-state index in [2.05, 4.69) is 22.8 Å². The minimum atomic E-state index is 0.182. The van der Waals surface area contributed by atoms with Crippen LogP contribution in [0.2, 0.25) is 0 Å². The number of anilines is 2. The third-order valence-electron chi connectivity index (χ3n) is 2.59. The maximum atomic E-state index is 10.5. The van der Waals surface area contributed by atoms with Crippen LogP contribution in [0.1, 0.15) is 10.9 Å². The van der Waals surface area contributed by atoms with E-state index in [0.29, 0.717) is 0 Å². The van der Waals surface area contributed by atoms with Crippen molar-refractivity contribution in [3.63, 3.8) is 0 Å². The van der Waals surface area contributed by atoms with Crippen LogP contribution >= 0.6 is 23.1 Å². The van der Waals surface area contributed by atoms with E-state index >= 15 is 0 Å². The average molecular weight is 262 g/mol. The highest BCUT2D eigenvalue weighted by Crippen LogP contribution is 2.48. The van der Waals surface area contributed by atoms with Crippen LogP contribution in [-0.4, -0.2) is 6.41 Å². The molecule has 0 radical (unpaired) electrons. The molecule has 2 aromatic rings.